The first kappa shape index (κ1) is 17.9. The maximum absolute atomic E-state index is 11.8. The van der Waals surface area contributed by atoms with E-state index < -0.39 is 10.8 Å². The Morgan fingerprint density at radius 3 is 2.60 bits per heavy atom. The molecular weight excluding hydrogens is 326 g/mol. The van der Waals surface area contributed by atoms with Gasteiger partial charge in [-0.05, 0) is 19.1 Å². The topological polar surface area (TPSA) is 103 Å². The first-order chi connectivity index (χ1) is 12.0. The Kier molecular flexibility index (Phi) is 6.05. The van der Waals surface area contributed by atoms with E-state index in [1.54, 1.807) is 43.3 Å². The largest absolute Gasteiger partial charge is 0.493 e. The molecule has 0 aliphatic carbocycles. The third-order valence-corrected chi connectivity index (χ3v) is 3.25. The van der Waals surface area contributed by atoms with Gasteiger partial charge in [-0.2, -0.15) is 5.10 Å². The summed E-state index contributed by atoms with van der Waals surface area (Å²) in [4.78, 5) is 22.1. The Morgan fingerprint density at radius 2 is 1.92 bits per heavy atom. The molecule has 0 aliphatic rings. The number of non-ortho nitro benzene ring substituents is 1. The van der Waals surface area contributed by atoms with Gasteiger partial charge in [-0.25, -0.2) is 5.43 Å². The van der Waals surface area contributed by atoms with Crippen LogP contribution in [0, 0.1) is 10.1 Å². The lowest BCUT2D eigenvalue weighted by Gasteiger charge is -2.09. The molecule has 0 fully saturated rings. The van der Waals surface area contributed by atoms with E-state index in [1.807, 2.05) is 0 Å². The number of hydrogen-bond donors (Lipinski definition) is 1. The number of carbonyl (C=O) groups excluding carboxylic acids is 1. The number of amides is 1. The smallest absolute Gasteiger partial charge is 0.277 e. The van der Waals surface area contributed by atoms with Crippen molar-refractivity contribution in [2.24, 2.45) is 5.10 Å². The summed E-state index contributed by atoms with van der Waals surface area (Å²) in [5.74, 6) is 0.502. The number of carbonyl (C=O) groups is 1. The summed E-state index contributed by atoms with van der Waals surface area (Å²) in [6.07, 6.45) is 0. The third kappa shape index (κ3) is 5.03. The number of methoxy groups -OCH3 is 1. The summed E-state index contributed by atoms with van der Waals surface area (Å²) in [5.41, 5.74) is 3.29. The maximum atomic E-state index is 11.8. The van der Waals surface area contributed by atoms with Gasteiger partial charge in [-0.1, -0.05) is 24.3 Å². The zero-order chi connectivity index (χ0) is 18.2. The molecule has 0 saturated carbocycles. The minimum absolute atomic E-state index is 0.0436. The molecule has 0 unspecified atom stereocenters. The summed E-state index contributed by atoms with van der Waals surface area (Å²) in [6.45, 7) is 1.40. The van der Waals surface area contributed by atoms with Gasteiger partial charge in [-0.15, -0.1) is 0 Å². The quantitative estimate of drug-likeness (QED) is 0.473. The van der Waals surface area contributed by atoms with Crippen molar-refractivity contribution in [2.45, 2.75) is 6.92 Å². The van der Waals surface area contributed by atoms with Gasteiger partial charge < -0.3 is 9.47 Å². The lowest BCUT2D eigenvalue weighted by molar-refractivity contribution is -0.384. The number of nitro benzene ring substituents is 1. The molecule has 0 aromatic heterocycles. The lowest BCUT2D eigenvalue weighted by Crippen LogP contribution is -2.25. The maximum Gasteiger partial charge on any atom is 0.277 e. The first-order valence-electron chi connectivity index (χ1n) is 7.35. The van der Waals surface area contributed by atoms with E-state index in [2.05, 4.69) is 10.5 Å². The number of nitrogens with one attached hydrogen (secondary N) is 1. The van der Waals surface area contributed by atoms with Gasteiger partial charge in [0.15, 0.2) is 18.1 Å². The van der Waals surface area contributed by atoms with Crippen LogP contribution < -0.4 is 14.9 Å². The fraction of sp³-hybridized carbons (Fsp3) is 0.176. The van der Waals surface area contributed by atoms with Crippen molar-refractivity contribution in [3.63, 3.8) is 0 Å². The molecule has 130 valence electrons. The van der Waals surface area contributed by atoms with Crippen molar-refractivity contribution < 1.29 is 19.2 Å². The van der Waals surface area contributed by atoms with Gasteiger partial charge >= 0.3 is 0 Å². The monoisotopic (exact) mass is 343 g/mol. The van der Waals surface area contributed by atoms with Gasteiger partial charge in [0, 0.05) is 17.7 Å². The highest BCUT2D eigenvalue weighted by Crippen LogP contribution is 2.25. The van der Waals surface area contributed by atoms with Crippen molar-refractivity contribution in [3.8, 4) is 11.5 Å². The van der Waals surface area contributed by atoms with E-state index in [0.29, 0.717) is 22.8 Å². The van der Waals surface area contributed by atoms with Crippen molar-refractivity contribution in [2.75, 3.05) is 13.7 Å². The van der Waals surface area contributed by atoms with Crippen LogP contribution in [0.5, 0.6) is 11.5 Å². The summed E-state index contributed by atoms with van der Waals surface area (Å²) in [7, 11) is 1.51. The molecule has 2 aromatic carbocycles. The standard InChI is InChI=1S/C17H17N3O5/c1-12(13-6-5-7-14(10-13)20(22)23)18-19-17(21)11-25-16-9-4-3-8-15(16)24-2/h3-10H,11H2,1-2H3,(H,19,21). The van der Waals surface area contributed by atoms with Gasteiger partial charge in [0.2, 0.25) is 0 Å². The molecule has 2 aromatic rings. The average Bonchev–Trinajstić information content (AvgIpc) is 2.64. The molecule has 8 nitrogen and oxygen atoms in total. The second kappa shape index (κ2) is 8.44. The molecule has 1 amide bonds. The van der Waals surface area contributed by atoms with Crippen LogP contribution in [0.4, 0.5) is 5.69 Å². The third-order valence-electron chi connectivity index (χ3n) is 3.25. The molecule has 0 radical (unpaired) electrons. The number of para-hydroxylation sites is 2. The molecule has 0 heterocycles. The number of rotatable bonds is 7. The summed E-state index contributed by atoms with van der Waals surface area (Å²) >= 11 is 0. The molecular formula is C17H17N3O5. The second-order valence-corrected chi connectivity index (χ2v) is 4.98. The van der Waals surface area contributed by atoms with Gasteiger partial charge in [0.25, 0.3) is 11.6 Å². The summed E-state index contributed by atoms with van der Waals surface area (Å²) in [6, 6.07) is 13.0. The normalized spacial score (nSPS) is 10.9. The Labute approximate surface area is 144 Å². The van der Waals surface area contributed by atoms with Gasteiger partial charge in [-0.3, -0.25) is 14.9 Å². The predicted octanol–water partition coefficient (Wildman–Crippen LogP) is 2.52. The SMILES string of the molecule is COc1ccccc1OCC(=O)NN=C(C)c1cccc([N+](=O)[O-])c1. The van der Waals surface area contributed by atoms with Crippen LogP contribution >= 0.6 is 0 Å². The molecule has 1 N–H and O–H groups in total. The van der Waals surface area contributed by atoms with E-state index in [-0.39, 0.29) is 12.3 Å². The number of hydrogen-bond acceptors (Lipinski definition) is 6. The van der Waals surface area contributed by atoms with E-state index in [9.17, 15) is 14.9 Å². The highest BCUT2D eigenvalue weighted by atomic mass is 16.6. The average molecular weight is 343 g/mol. The number of nitro groups is 1. The van der Waals surface area contributed by atoms with E-state index in [1.165, 1.54) is 19.2 Å². The van der Waals surface area contributed by atoms with Gasteiger partial charge in [0.05, 0.1) is 17.7 Å². The molecule has 25 heavy (non-hydrogen) atoms. The number of ether oxygens (including phenoxy) is 2. The van der Waals surface area contributed by atoms with Crippen molar-refractivity contribution >= 4 is 17.3 Å². The molecule has 8 heteroatoms. The number of benzene rings is 2. The highest BCUT2D eigenvalue weighted by Gasteiger charge is 2.09. The fourth-order valence-electron chi connectivity index (χ4n) is 1.97. The summed E-state index contributed by atoms with van der Waals surface area (Å²) < 4.78 is 10.5. The van der Waals surface area contributed by atoms with Crippen molar-refractivity contribution in [3.05, 3.63) is 64.2 Å². The van der Waals surface area contributed by atoms with E-state index >= 15 is 0 Å². The molecule has 0 saturated heterocycles. The van der Waals surface area contributed by atoms with Crippen LogP contribution in [0.15, 0.2) is 53.6 Å². The molecule has 0 spiro atoms. The first-order valence-corrected chi connectivity index (χ1v) is 7.35. The van der Waals surface area contributed by atoms with Crippen LogP contribution in [0.25, 0.3) is 0 Å². The fourth-order valence-corrected chi connectivity index (χ4v) is 1.97. The van der Waals surface area contributed by atoms with Crippen LogP contribution in [-0.2, 0) is 4.79 Å². The van der Waals surface area contributed by atoms with E-state index in [4.69, 9.17) is 9.47 Å². The second-order valence-electron chi connectivity index (χ2n) is 4.98. The van der Waals surface area contributed by atoms with Crippen LogP contribution in [0.2, 0.25) is 0 Å². The molecule has 0 aliphatic heterocycles. The Balaban J connectivity index is 1.95. The van der Waals surface area contributed by atoms with Crippen LogP contribution in [0.1, 0.15) is 12.5 Å². The highest BCUT2D eigenvalue weighted by molar-refractivity contribution is 5.99. The Hall–Kier alpha value is -3.42. The predicted molar refractivity (Wildman–Crippen MR) is 91.9 cm³/mol. The van der Waals surface area contributed by atoms with Gasteiger partial charge in [0.1, 0.15) is 0 Å². The van der Waals surface area contributed by atoms with Crippen molar-refractivity contribution in [1.29, 1.82) is 0 Å². The lowest BCUT2D eigenvalue weighted by atomic mass is 10.1. The van der Waals surface area contributed by atoms with E-state index in [0.717, 1.165) is 0 Å². The van der Waals surface area contributed by atoms with Crippen molar-refractivity contribution in [1.82, 2.24) is 5.43 Å². The zero-order valence-corrected chi connectivity index (χ0v) is 13.8. The minimum Gasteiger partial charge on any atom is -0.493 e. The Bertz CT molecular complexity index is 804. The molecule has 0 atom stereocenters. The zero-order valence-electron chi connectivity index (χ0n) is 13.8. The minimum atomic E-state index is -0.490. The number of hydrazone groups is 1. The summed E-state index contributed by atoms with van der Waals surface area (Å²) in [5, 5.41) is 14.7. The molecule has 2 rings (SSSR count). The van der Waals surface area contributed by atoms with Crippen LogP contribution in [-0.4, -0.2) is 30.3 Å². The van der Waals surface area contributed by atoms with Crippen LogP contribution in [0.3, 0.4) is 0 Å². The Morgan fingerprint density at radius 1 is 1.20 bits per heavy atom. The number of nitrogens with zero attached hydrogens (tertiary/aromatic N) is 2. The molecule has 0 bridgehead atoms.